The molecule has 1 amide bonds. The molecule has 2 rings (SSSR count). The van der Waals surface area contributed by atoms with Gasteiger partial charge in [-0.15, -0.1) is 0 Å². The first-order valence-electron chi connectivity index (χ1n) is 6.38. The van der Waals surface area contributed by atoms with Gasteiger partial charge in [-0.05, 0) is 18.2 Å². The lowest BCUT2D eigenvalue weighted by Gasteiger charge is -2.07. The largest absolute Gasteiger partial charge is 0.470 e. The number of hydrogen-bond acceptors (Lipinski definition) is 4. The molecule has 7 heteroatoms. The average Bonchev–Trinajstić information content (AvgIpc) is 2.95. The molecule has 1 aromatic heterocycles. The van der Waals surface area contributed by atoms with Crippen molar-refractivity contribution in [3.05, 3.63) is 47.2 Å². The number of amides is 1. The van der Waals surface area contributed by atoms with E-state index in [1.165, 1.54) is 4.68 Å². The van der Waals surface area contributed by atoms with E-state index in [9.17, 15) is 4.79 Å². The van der Waals surface area contributed by atoms with Crippen LogP contribution in [0.2, 0.25) is 5.02 Å². The zero-order valence-electron chi connectivity index (χ0n) is 11.6. The lowest BCUT2D eigenvalue weighted by molar-refractivity contribution is 0.0930. The van der Waals surface area contributed by atoms with Gasteiger partial charge in [0.2, 0.25) is 0 Å². The van der Waals surface area contributed by atoms with E-state index in [0.717, 1.165) is 0 Å². The van der Waals surface area contributed by atoms with Crippen molar-refractivity contribution in [1.29, 1.82) is 0 Å². The highest BCUT2D eigenvalue weighted by molar-refractivity contribution is 6.32. The molecule has 0 atom stereocenters. The third-order valence-electron chi connectivity index (χ3n) is 2.65. The van der Waals surface area contributed by atoms with Crippen molar-refractivity contribution < 1.29 is 14.3 Å². The third kappa shape index (κ3) is 4.47. The highest BCUT2D eigenvalue weighted by Gasteiger charge is 2.09. The molecule has 1 N–H and O–H groups in total. The molecule has 0 spiro atoms. The Bertz CT molecular complexity index is 601. The summed E-state index contributed by atoms with van der Waals surface area (Å²) in [6.07, 6.45) is 1.67. The zero-order valence-corrected chi connectivity index (χ0v) is 12.3. The van der Waals surface area contributed by atoms with Gasteiger partial charge >= 0.3 is 0 Å². The van der Waals surface area contributed by atoms with Gasteiger partial charge in [0.15, 0.2) is 6.73 Å². The molecule has 0 bridgehead atoms. The molecule has 21 heavy (non-hydrogen) atoms. The molecule has 1 heterocycles. The standard InChI is InChI=1S/C14H16ClN3O3/c1-20-9-7-16-14(19)12-6-8-18(17-12)10-21-13-5-3-2-4-11(13)15/h2-6,8H,7,9-10H2,1H3,(H,16,19). The van der Waals surface area contributed by atoms with Crippen molar-refractivity contribution in [2.75, 3.05) is 20.3 Å². The van der Waals surface area contributed by atoms with Crippen LogP contribution in [-0.4, -0.2) is 35.9 Å². The molecule has 112 valence electrons. The third-order valence-corrected chi connectivity index (χ3v) is 2.97. The number of halogens is 1. The number of para-hydroxylation sites is 1. The Kier molecular flexibility index (Phi) is 5.59. The first-order valence-corrected chi connectivity index (χ1v) is 6.76. The maximum absolute atomic E-state index is 11.8. The Morgan fingerprint density at radius 2 is 2.19 bits per heavy atom. The Labute approximate surface area is 127 Å². The Balaban J connectivity index is 1.88. The van der Waals surface area contributed by atoms with Crippen LogP contribution in [0.3, 0.4) is 0 Å². The highest BCUT2D eigenvalue weighted by Crippen LogP contribution is 2.23. The summed E-state index contributed by atoms with van der Waals surface area (Å²) in [6, 6.07) is 8.79. The number of nitrogens with one attached hydrogen (secondary N) is 1. The van der Waals surface area contributed by atoms with Gasteiger partial charge in [0.25, 0.3) is 5.91 Å². The van der Waals surface area contributed by atoms with E-state index in [4.69, 9.17) is 21.1 Å². The van der Waals surface area contributed by atoms with E-state index < -0.39 is 0 Å². The number of methoxy groups -OCH3 is 1. The fraction of sp³-hybridized carbons (Fsp3) is 0.286. The van der Waals surface area contributed by atoms with Crippen molar-refractivity contribution in [1.82, 2.24) is 15.1 Å². The van der Waals surface area contributed by atoms with Crippen molar-refractivity contribution in [2.45, 2.75) is 6.73 Å². The molecule has 0 saturated carbocycles. The second-order valence-electron chi connectivity index (χ2n) is 4.19. The van der Waals surface area contributed by atoms with E-state index in [-0.39, 0.29) is 12.6 Å². The lowest BCUT2D eigenvalue weighted by atomic mass is 10.3. The predicted molar refractivity (Wildman–Crippen MR) is 78.5 cm³/mol. The topological polar surface area (TPSA) is 65.4 Å². The summed E-state index contributed by atoms with van der Waals surface area (Å²) in [7, 11) is 1.58. The van der Waals surface area contributed by atoms with Crippen LogP contribution < -0.4 is 10.1 Å². The molecule has 0 aliphatic rings. The SMILES string of the molecule is COCCNC(=O)c1ccn(COc2ccccc2Cl)n1. The van der Waals surface area contributed by atoms with Crippen molar-refractivity contribution >= 4 is 17.5 Å². The minimum absolute atomic E-state index is 0.176. The minimum atomic E-state index is -0.247. The van der Waals surface area contributed by atoms with E-state index >= 15 is 0 Å². The molecule has 6 nitrogen and oxygen atoms in total. The Hall–Kier alpha value is -2.05. The second kappa shape index (κ2) is 7.66. The number of carbonyl (C=O) groups excluding carboxylic acids is 1. The van der Waals surface area contributed by atoms with Gasteiger partial charge in [0.05, 0.1) is 11.6 Å². The van der Waals surface area contributed by atoms with Crippen LogP contribution in [0.5, 0.6) is 5.75 Å². The lowest BCUT2D eigenvalue weighted by Crippen LogP contribution is -2.27. The molecule has 0 radical (unpaired) electrons. The Morgan fingerprint density at radius 3 is 2.95 bits per heavy atom. The van der Waals surface area contributed by atoms with Gasteiger partial charge in [0, 0.05) is 19.9 Å². The summed E-state index contributed by atoms with van der Waals surface area (Å²) >= 11 is 5.99. The van der Waals surface area contributed by atoms with Crippen LogP contribution in [0.25, 0.3) is 0 Å². The summed E-state index contributed by atoms with van der Waals surface area (Å²) in [6.45, 7) is 1.08. The number of carbonyl (C=O) groups is 1. The number of aromatic nitrogens is 2. The quantitative estimate of drug-likeness (QED) is 0.794. The van der Waals surface area contributed by atoms with Gasteiger partial charge in [-0.2, -0.15) is 5.10 Å². The number of ether oxygens (including phenoxy) is 2. The monoisotopic (exact) mass is 309 g/mol. The van der Waals surface area contributed by atoms with Crippen molar-refractivity contribution in [3.8, 4) is 5.75 Å². The van der Waals surface area contributed by atoms with Crippen LogP contribution in [0.4, 0.5) is 0 Å². The van der Waals surface area contributed by atoms with Crippen molar-refractivity contribution in [3.63, 3.8) is 0 Å². The molecule has 0 saturated heterocycles. The van der Waals surface area contributed by atoms with Gasteiger partial charge in [0.1, 0.15) is 11.4 Å². The summed E-state index contributed by atoms with van der Waals surface area (Å²) in [5.41, 5.74) is 0.328. The van der Waals surface area contributed by atoms with Crippen LogP contribution in [0.1, 0.15) is 10.5 Å². The average molecular weight is 310 g/mol. The van der Waals surface area contributed by atoms with Crippen LogP contribution >= 0.6 is 11.6 Å². The van der Waals surface area contributed by atoms with E-state index in [2.05, 4.69) is 10.4 Å². The highest BCUT2D eigenvalue weighted by atomic mass is 35.5. The Morgan fingerprint density at radius 1 is 1.38 bits per heavy atom. The van der Waals surface area contributed by atoms with Crippen LogP contribution in [0.15, 0.2) is 36.5 Å². The van der Waals surface area contributed by atoms with Gasteiger partial charge in [-0.1, -0.05) is 23.7 Å². The molecule has 0 unspecified atom stereocenters. The summed E-state index contributed by atoms with van der Waals surface area (Å²) in [4.78, 5) is 11.8. The first kappa shape index (κ1) is 15.3. The smallest absolute Gasteiger partial charge is 0.271 e. The van der Waals surface area contributed by atoms with E-state index in [1.807, 2.05) is 12.1 Å². The van der Waals surface area contributed by atoms with Crippen LogP contribution in [0, 0.1) is 0 Å². The number of rotatable bonds is 7. The summed E-state index contributed by atoms with van der Waals surface area (Å²) in [5.74, 6) is 0.323. The molecule has 0 aliphatic carbocycles. The number of nitrogens with zero attached hydrogens (tertiary/aromatic N) is 2. The second-order valence-corrected chi connectivity index (χ2v) is 4.60. The fourth-order valence-electron chi connectivity index (χ4n) is 1.61. The van der Waals surface area contributed by atoms with Crippen molar-refractivity contribution in [2.24, 2.45) is 0 Å². The molecular weight excluding hydrogens is 294 g/mol. The fourth-order valence-corrected chi connectivity index (χ4v) is 1.80. The van der Waals surface area contributed by atoms with Gasteiger partial charge in [-0.25, -0.2) is 4.68 Å². The number of benzene rings is 1. The normalized spacial score (nSPS) is 10.4. The maximum atomic E-state index is 11.8. The molecule has 2 aromatic rings. The van der Waals surface area contributed by atoms with Gasteiger partial charge in [-0.3, -0.25) is 4.79 Å². The van der Waals surface area contributed by atoms with Crippen LogP contribution in [-0.2, 0) is 11.5 Å². The predicted octanol–water partition coefficient (Wildman–Crippen LogP) is 1.95. The van der Waals surface area contributed by atoms with E-state index in [0.29, 0.717) is 29.6 Å². The molecule has 0 aliphatic heterocycles. The molecule has 1 aromatic carbocycles. The minimum Gasteiger partial charge on any atom is -0.470 e. The summed E-state index contributed by atoms with van der Waals surface area (Å²) in [5, 5.41) is 7.35. The number of hydrogen-bond donors (Lipinski definition) is 1. The van der Waals surface area contributed by atoms with E-state index in [1.54, 1.807) is 31.5 Å². The maximum Gasteiger partial charge on any atom is 0.271 e. The summed E-state index contributed by atoms with van der Waals surface area (Å²) < 4.78 is 11.9. The first-order chi connectivity index (χ1) is 10.2. The van der Waals surface area contributed by atoms with Gasteiger partial charge < -0.3 is 14.8 Å². The zero-order chi connectivity index (χ0) is 15.1. The molecule has 0 fully saturated rings. The molecular formula is C14H16ClN3O3.